The molecular weight excluding hydrogens is 484 g/mol. The lowest BCUT2D eigenvalue weighted by Gasteiger charge is -2.24. The number of benzene rings is 3. The molecule has 1 amide bonds. The number of anilines is 1. The summed E-state index contributed by atoms with van der Waals surface area (Å²) in [6, 6.07) is 24.2. The van der Waals surface area contributed by atoms with Gasteiger partial charge in [-0.25, -0.2) is 5.01 Å². The summed E-state index contributed by atoms with van der Waals surface area (Å²) in [5.41, 5.74) is 5.12. The Morgan fingerprint density at radius 3 is 2.38 bits per heavy atom. The first-order chi connectivity index (χ1) is 18.0. The number of aliphatic imine (C=N–C) groups is 1. The summed E-state index contributed by atoms with van der Waals surface area (Å²) in [5.74, 6) is 1.82. The normalized spacial score (nSPS) is 18.2. The van der Waals surface area contributed by atoms with Crippen LogP contribution in [0.2, 0.25) is 0 Å². The van der Waals surface area contributed by atoms with E-state index in [1.54, 1.807) is 14.2 Å². The second-order valence-electron chi connectivity index (χ2n) is 8.89. The molecule has 0 bridgehead atoms. The van der Waals surface area contributed by atoms with Gasteiger partial charge in [-0.3, -0.25) is 4.79 Å². The molecule has 37 heavy (non-hydrogen) atoms. The molecule has 1 atom stereocenters. The summed E-state index contributed by atoms with van der Waals surface area (Å²) in [7, 11) is 7.25. The Bertz CT molecular complexity index is 1400. The minimum absolute atomic E-state index is 0.0922. The molecule has 0 aliphatic carbocycles. The Kier molecular flexibility index (Phi) is 7.01. The highest BCUT2D eigenvalue weighted by molar-refractivity contribution is 8.18. The Hall–Kier alpha value is -4.04. The predicted molar refractivity (Wildman–Crippen MR) is 151 cm³/mol. The zero-order valence-corrected chi connectivity index (χ0v) is 22.0. The molecule has 2 heterocycles. The smallest absolute Gasteiger partial charge is 0.311 e. The number of hydrogen-bond acceptors (Lipinski definition) is 7. The highest BCUT2D eigenvalue weighted by Gasteiger charge is 2.37. The molecular formula is C29H28N4O3S. The second kappa shape index (κ2) is 10.5. The summed E-state index contributed by atoms with van der Waals surface area (Å²) in [5, 5.41) is 6.64. The first kappa shape index (κ1) is 24.6. The van der Waals surface area contributed by atoms with Gasteiger partial charge >= 0.3 is 5.24 Å². The molecule has 2 aliphatic heterocycles. The highest BCUT2D eigenvalue weighted by atomic mass is 32.2. The van der Waals surface area contributed by atoms with E-state index in [9.17, 15) is 4.79 Å². The molecule has 0 radical (unpaired) electrons. The average Bonchev–Trinajstić information content (AvgIpc) is 3.52. The Balaban J connectivity index is 1.55. The molecule has 1 unspecified atom stereocenters. The van der Waals surface area contributed by atoms with E-state index in [0.29, 0.717) is 23.8 Å². The van der Waals surface area contributed by atoms with Crippen molar-refractivity contribution in [3.8, 4) is 11.5 Å². The lowest BCUT2D eigenvalue weighted by Crippen LogP contribution is -2.26. The van der Waals surface area contributed by atoms with Crippen LogP contribution < -0.4 is 14.4 Å². The van der Waals surface area contributed by atoms with Crippen molar-refractivity contribution in [1.29, 1.82) is 0 Å². The number of thioether (sulfide) groups is 1. The fourth-order valence-corrected chi connectivity index (χ4v) is 5.17. The summed E-state index contributed by atoms with van der Waals surface area (Å²) in [6.07, 6.45) is 2.64. The standard InChI is InChI=1S/C29H28N4O3S/c1-32(2)22-13-11-21(12-14-22)24-18-23(20-8-6-5-7-9-20)31-33(24)28-27(37-29(34)30-28)17-19-10-15-25(35-3)26(16-19)36-4/h5-17,24H,18H2,1-4H3/b27-17-. The summed E-state index contributed by atoms with van der Waals surface area (Å²) in [6.45, 7) is 0. The summed E-state index contributed by atoms with van der Waals surface area (Å²) >= 11 is 1.11. The number of carbonyl (C=O) groups is 1. The van der Waals surface area contributed by atoms with Crippen molar-refractivity contribution in [2.24, 2.45) is 10.1 Å². The molecule has 0 spiro atoms. The van der Waals surface area contributed by atoms with Crippen LogP contribution in [-0.4, -0.2) is 50.1 Å². The van der Waals surface area contributed by atoms with E-state index in [1.807, 2.05) is 61.6 Å². The van der Waals surface area contributed by atoms with Crippen LogP contribution in [0.4, 0.5) is 10.5 Å². The summed E-state index contributed by atoms with van der Waals surface area (Å²) < 4.78 is 10.8. The number of rotatable bonds is 6. The molecule has 0 fully saturated rings. The maximum absolute atomic E-state index is 12.6. The van der Waals surface area contributed by atoms with Crippen LogP contribution >= 0.6 is 11.8 Å². The van der Waals surface area contributed by atoms with Crippen molar-refractivity contribution in [3.63, 3.8) is 0 Å². The third-order valence-electron chi connectivity index (χ3n) is 6.35. The van der Waals surface area contributed by atoms with E-state index in [1.165, 1.54) is 0 Å². The van der Waals surface area contributed by atoms with Crippen molar-refractivity contribution in [1.82, 2.24) is 5.01 Å². The largest absolute Gasteiger partial charge is 0.493 e. The SMILES string of the molecule is COc1ccc(/C=C2\SC(=O)N=C2N2N=C(c3ccccc3)CC2c2ccc(N(C)C)cc2)cc1OC. The molecule has 0 N–H and O–H groups in total. The maximum atomic E-state index is 12.6. The lowest BCUT2D eigenvalue weighted by molar-refractivity contribution is 0.267. The van der Waals surface area contributed by atoms with Gasteiger partial charge in [0, 0.05) is 26.2 Å². The number of nitrogens with zero attached hydrogens (tertiary/aromatic N) is 4. The molecule has 3 aromatic carbocycles. The number of amidine groups is 1. The van der Waals surface area contributed by atoms with Crippen LogP contribution in [0.5, 0.6) is 11.5 Å². The quantitative estimate of drug-likeness (QED) is 0.390. The van der Waals surface area contributed by atoms with Crippen LogP contribution in [-0.2, 0) is 0 Å². The molecule has 7 nitrogen and oxygen atoms in total. The van der Waals surface area contributed by atoms with Gasteiger partial charge in [0.25, 0.3) is 0 Å². The van der Waals surface area contributed by atoms with Crippen LogP contribution in [0.15, 0.2) is 87.8 Å². The number of ether oxygens (including phenoxy) is 2. The monoisotopic (exact) mass is 512 g/mol. The Morgan fingerprint density at radius 1 is 0.973 bits per heavy atom. The van der Waals surface area contributed by atoms with Gasteiger partial charge in [-0.1, -0.05) is 48.5 Å². The van der Waals surface area contributed by atoms with Crippen LogP contribution in [0, 0.1) is 0 Å². The highest BCUT2D eigenvalue weighted by Crippen LogP contribution is 2.40. The number of hydrogen-bond donors (Lipinski definition) is 0. The molecule has 0 aromatic heterocycles. The van der Waals surface area contributed by atoms with Crippen LogP contribution in [0.3, 0.4) is 0 Å². The Labute approximate surface area is 221 Å². The molecule has 8 heteroatoms. The van der Waals surface area contributed by atoms with Crippen LogP contribution in [0.1, 0.15) is 29.2 Å². The van der Waals surface area contributed by atoms with Gasteiger partial charge in [-0.05, 0) is 58.8 Å². The molecule has 0 saturated heterocycles. The van der Waals surface area contributed by atoms with E-state index < -0.39 is 0 Å². The third-order valence-corrected chi connectivity index (χ3v) is 7.14. The molecule has 0 saturated carbocycles. The topological polar surface area (TPSA) is 66.7 Å². The molecule has 2 aliphatic rings. The van der Waals surface area contributed by atoms with Crippen LogP contribution in [0.25, 0.3) is 6.08 Å². The van der Waals surface area contributed by atoms with Gasteiger partial charge in [-0.2, -0.15) is 10.1 Å². The summed E-state index contributed by atoms with van der Waals surface area (Å²) in [4.78, 5) is 19.8. The van der Waals surface area contributed by atoms with E-state index in [4.69, 9.17) is 14.6 Å². The minimum atomic E-state index is -0.258. The van der Waals surface area contributed by atoms with Crippen molar-refractivity contribution < 1.29 is 14.3 Å². The predicted octanol–water partition coefficient (Wildman–Crippen LogP) is 6.23. The van der Waals surface area contributed by atoms with Crippen molar-refractivity contribution in [3.05, 3.63) is 94.4 Å². The number of hydrazone groups is 1. The zero-order chi connectivity index (χ0) is 25.9. The van der Waals surface area contributed by atoms with Crippen molar-refractivity contribution in [2.75, 3.05) is 33.2 Å². The third kappa shape index (κ3) is 5.11. The van der Waals surface area contributed by atoms with Gasteiger partial charge in [0.15, 0.2) is 17.3 Å². The van der Waals surface area contributed by atoms with Gasteiger partial charge in [0.05, 0.1) is 30.9 Å². The second-order valence-corrected chi connectivity index (χ2v) is 9.88. The number of carbonyl (C=O) groups excluding carboxylic acids is 1. The van der Waals surface area contributed by atoms with E-state index in [-0.39, 0.29) is 11.3 Å². The molecule has 188 valence electrons. The maximum Gasteiger partial charge on any atom is 0.311 e. The van der Waals surface area contributed by atoms with Crippen molar-refractivity contribution in [2.45, 2.75) is 12.5 Å². The van der Waals surface area contributed by atoms with E-state index in [0.717, 1.165) is 44.8 Å². The average molecular weight is 513 g/mol. The fraction of sp³-hybridized carbons (Fsp3) is 0.207. The van der Waals surface area contributed by atoms with Gasteiger partial charge in [0.1, 0.15) is 0 Å². The molecule has 5 rings (SSSR count). The first-order valence-electron chi connectivity index (χ1n) is 11.9. The fourth-order valence-electron chi connectivity index (χ4n) is 4.42. The van der Waals surface area contributed by atoms with Gasteiger partial charge in [-0.15, -0.1) is 0 Å². The molecule has 3 aromatic rings. The van der Waals surface area contributed by atoms with E-state index >= 15 is 0 Å². The Morgan fingerprint density at radius 2 is 1.70 bits per heavy atom. The lowest BCUT2D eigenvalue weighted by atomic mass is 9.98. The first-order valence-corrected chi connectivity index (χ1v) is 12.7. The van der Waals surface area contributed by atoms with E-state index in [2.05, 4.69) is 46.3 Å². The van der Waals surface area contributed by atoms with Gasteiger partial charge < -0.3 is 14.4 Å². The van der Waals surface area contributed by atoms with Gasteiger partial charge in [0.2, 0.25) is 0 Å². The van der Waals surface area contributed by atoms with Crippen molar-refractivity contribution >= 4 is 40.3 Å². The minimum Gasteiger partial charge on any atom is -0.493 e. The number of amides is 1. The number of methoxy groups -OCH3 is 2. The zero-order valence-electron chi connectivity index (χ0n) is 21.2.